The van der Waals surface area contributed by atoms with Crippen LogP contribution in [0.15, 0.2) is 36.6 Å². The van der Waals surface area contributed by atoms with Gasteiger partial charge in [0.2, 0.25) is 6.29 Å². The molecular formula is C12H14O3. The summed E-state index contributed by atoms with van der Waals surface area (Å²) in [6, 6.07) is 0. The lowest BCUT2D eigenvalue weighted by atomic mass is 10.0. The van der Waals surface area contributed by atoms with Crippen molar-refractivity contribution in [3.8, 4) is 0 Å². The van der Waals surface area contributed by atoms with E-state index in [1.807, 2.05) is 0 Å². The van der Waals surface area contributed by atoms with Crippen LogP contribution in [0.4, 0.5) is 0 Å². The SMILES string of the molecule is C=CCC1=C2C(OC=C)OC[C@@H]2CC1=O. The van der Waals surface area contributed by atoms with Crippen LogP contribution in [0.1, 0.15) is 12.8 Å². The molecule has 15 heavy (non-hydrogen) atoms. The highest BCUT2D eigenvalue weighted by atomic mass is 16.7. The Morgan fingerprint density at radius 1 is 1.53 bits per heavy atom. The molecule has 0 amide bonds. The van der Waals surface area contributed by atoms with Gasteiger partial charge in [-0.2, -0.15) is 0 Å². The third-order valence-corrected chi connectivity index (χ3v) is 2.83. The van der Waals surface area contributed by atoms with Gasteiger partial charge in [-0.15, -0.1) is 6.58 Å². The third kappa shape index (κ3) is 1.63. The highest BCUT2D eigenvalue weighted by Crippen LogP contribution is 2.40. The Morgan fingerprint density at radius 3 is 3.00 bits per heavy atom. The molecule has 2 rings (SSSR count). The van der Waals surface area contributed by atoms with E-state index in [2.05, 4.69) is 13.2 Å². The number of carbonyl (C=O) groups excluding carboxylic acids is 1. The van der Waals surface area contributed by atoms with Crippen molar-refractivity contribution in [1.82, 2.24) is 0 Å². The molecule has 1 aliphatic carbocycles. The van der Waals surface area contributed by atoms with Crippen molar-refractivity contribution in [2.45, 2.75) is 19.1 Å². The molecule has 0 bridgehead atoms. The van der Waals surface area contributed by atoms with Gasteiger partial charge < -0.3 is 9.47 Å². The van der Waals surface area contributed by atoms with Gasteiger partial charge in [-0.05, 0) is 6.42 Å². The van der Waals surface area contributed by atoms with Gasteiger partial charge in [-0.3, -0.25) is 4.79 Å². The lowest BCUT2D eigenvalue weighted by Gasteiger charge is -2.12. The molecule has 1 aliphatic heterocycles. The third-order valence-electron chi connectivity index (χ3n) is 2.83. The zero-order valence-corrected chi connectivity index (χ0v) is 8.57. The first-order valence-electron chi connectivity index (χ1n) is 5.03. The van der Waals surface area contributed by atoms with Crippen molar-refractivity contribution in [3.05, 3.63) is 36.6 Å². The van der Waals surface area contributed by atoms with Gasteiger partial charge in [-0.1, -0.05) is 12.7 Å². The maximum absolute atomic E-state index is 11.7. The maximum Gasteiger partial charge on any atom is 0.222 e. The fourth-order valence-corrected chi connectivity index (χ4v) is 2.22. The molecule has 3 heteroatoms. The van der Waals surface area contributed by atoms with Crippen LogP contribution in [0.5, 0.6) is 0 Å². The molecule has 0 N–H and O–H groups in total. The largest absolute Gasteiger partial charge is 0.469 e. The minimum atomic E-state index is -0.408. The van der Waals surface area contributed by atoms with Crippen molar-refractivity contribution in [3.63, 3.8) is 0 Å². The van der Waals surface area contributed by atoms with Gasteiger partial charge >= 0.3 is 0 Å². The molecule has 0 aromatic heterocycles. The van der Waals surface area contributed by atoms with Gasteiger partial charge in [0, 0.05) is 23.5 Å². The number of fused-ring (bicyclic) bond motifs is 1. The highest BCUT2D eigenvalue weighted by Gasteiger charge is 2.42. The van der Waals surface area contributed by atoms with Crippen LogP contribution < -0.4 is 0 Å². The van der Waals surface area contributed by atoms with Crippen LogP contribution in [-0.2, 0) is 14.3 Å². The van der Waals surface area contributed by atoms with E-state index < -0.39 is 6.29 Å². The standard InChI is InChI=1S/C12H14O3/c1-3-5-9-10(13)6-8-7-15-12(11(8)9)14-4-2/h3-4,8,12H,1-2,5-7H2/t8-,12?/m0/s1. The molecular weight excluding hydrogens is 192 g/mol. The first-order chi connectivity index (χ1) is 7.27. The van der Waals surface area contributed by atoms with Crippen molar-refractivity contribution in [1.29, 1.82) is 0 Å². The van der Waals surface area contributed by atoms with E-state index in [0.29, 0.717) is 19.4 Å². The van der Waals surface area contributed by atoms with Gasteiger partial charge in [0.05, 0.1) is 12.9 Å². The number of ketones is 1. The fourth-order valence-electron chi connectivity index (χ4n) is 2.22. The molecule has 0 aromatic carbocycles. The lowest BCUT2D eigenvalue weighted by Crippen LogP contribution is -2.11. The van der Waals surface area contributed by atoms with E-state index in [1.165, 1.54) is 6.26 Å². The van der Waals surface area contributed by atoms with Crippen LogP contribution in [0.25, 0.3) is 0 Å². The summed E-state index contributed by atoms with van der Waals surface area (Å²) < 4.78 is 10.7. The van der Waals surface area contributed by atoms with E-state index in [0.717, 1.165) is 11.1 Å². The number of carbonyl (C=O) groups is 1. The van der Waals surface area contributed by atoms with Crippen molar-refractivity contribution >= 4 is 5.78 Å². The summed E-state index contributed by atoms with van der Waals surface area (Å²) >= 11 is 0. The van der Waals surface area contributed by atoms with Gasteiger partial charge in [0.15, 0.2) is 5.78 Å². The molecule has 0 radical (unpaired) electrons. The number of ether oxygens (including phenoxy) is 2. The van der Waals surface area contributed by atoms with Crippen LogP contribution in [0.2, 0.25) is 0 Å². The van der Waals surface area contributed by atoms with Crippen LogP contribution in [0, 0.1) is 5.92 Å². The molecule has 1 heterocycles. The number of allylic oxidation sites excluding steroid dienone is 2. The quantitative estimate of drug-likeness (QED) is 0.521. The molecule has 2 atom stereocenters. The van der Waals surface area contributed by atoms with E-state index in [4.69, 9.17) is 9.47 Å². The Kier molecular flexibility index (Phi) is 2.73. The second-order valence-electron chi connectivity index (χ2n) is 3.72. The minimum Gasteiger partial charge on any atom is -0.469 e. The summed E-state index contributed by atoms with van der Waals surface area (Å²) in [5, 5.41) is 0. The molecule has 0 aromatic rings. The Hall–Kier alpha value is -1.35. The van der Waals surface area contributed by atoms with Crippen molar-refractivity contribution < 1.29 is 14.3 Å². The van der Waals surface area contributed by atoms with E-state index in [-0.39, 0.29) is 11.7 Å². The Morgan fingerprint density at radius 2 is 2.33 bits per heavy atom. The summed E-state index contributed by atoms with van der Waals surface area (Å²) in [5.74, 6) is 0.410. The summed E-state index contributed by atoms with van der Waals surface area (Å²) in [6.45, 7) is 7.72. The minimum absolute atomic E-state index is 0.205. The second-order valence-corrected chi connectivity index (χ2v) is 3.72. The van der Waals surface area contributed by atoms with Gasteiger partial charge in [0.25, 0.3) is 0 Å². The zero-order valence-electron chi connectivity index (χ0n) is 8.57. The fraction of sp³-hybridized carbons (Fsp3) is 0.417. The number of hydrogen-bond donors (Lipinski definition) is 0. The number of rotatable bonds is 4. The molecule has 0 spiro atoms. The predicted molar refractivity (Wildman–Crippen MR) is 56.0 cm³/mol. The van der Waals surface area contributed by atoms with Crippen molar-refractivity contribution in [2.75, 3.05) is 6.61 Å². The first-order valence-corrected chi connectivity index (χ1v) is 5.03. The molecule has 80 valence electrons. The zero-order chi connectivity index (χ0) is 10.8. The van der Waals surface area contributed by atoms with E-state index in [1.54, 1.807) is 6.08 Å². The lowest BCUT2D eigenvalue weighted by molar-refractivity contribution is -0.116. The number of Topliss-reactive ketones (excluding diaryl/α,β-unsaturated/α-hetero) is 1. The van der Waals surface area contributed by atoms with Gasteiger partial charge in [0.1, 0.15) is 0 Å². The first kappa shape index (κ1) is 10.2. The van der Waals surface area contributed by atoms with E-state index in [9.17, 15) is 4.79 Å². The van der Waals surface area contributed by atoms with Crippen LogP contribution >= 0.6 is 0 Å². The topological polar surface area (TPSA) is 35.5 Å². The predicted octanol–water partition coefficient (Wildman–Crippen LogP) is 1.96. The van der Waals surface area contributed by atoms with E-state index >= 15 is 0 Å². The Labute approximate surface area is 89.1 Å². The van der Waals surface area contributed by atoms with Crippen LogP contribution in [0.3, 0.4) is 0 Å². The number of hydrogen-bond acceptors (Lipinski definition) is 3. The van der Waals surface area contributed by atoms with Crippen molar-refractivity contribution in [2.24, 2.45) is 5.92 Å². The molecule has 1 unspecified atom stereocenters. The Balaban J connectivity index is 2.30. The molecule has 1 saturated heterocycles. The maximum atomic E-state index is 11.7. The molecule has 1 fully saturated rings. The van der Waals surface area contributed by atoms with Crippen LogP contribution in [-0.4, -0.2) is 18.7 Å². The summed E-state index contributed by atoms with van der Waals surface area (Å²) in [4.78, 5) is 11.7. The highest BCUT2D eigenvalue weighted by molar-refractivity contribution is 5.99. The summed E-state index contributed by atoms with van der Waals surface area (Å²) in [6.07, 6.45) is 3.84. The summed E-state index contributed by atoms with van der Waals surface area (Å²) in [5.41, 5.74) is 1.82. The average Bonchev–Trinajstić information content (AvgIpc) is 2.71. The second kappa shape index (κ2) is 4.03. The smallest absolute Gasteiger partial charge is 0.222 e. The van der Waals surface area contributed by atoms with Gasteiger partial charge in [-0.25, -0.2) is 0 Å². The average molecular weight is 206 g/mol. The molecule has 2 aliphatic rings. The monoisotopic (exact) mass is 206 g/mol. The summed E-state index contributed by atoms with van der Waals surface area (Å²) in [7, 11) is 0. The molecule has 3 nitrogen and oxygen atoms in total. The molecule has 0 saturated carbocycles. The Bertz CT molecular complexity index is 341. The normalized spacial score (nSPS) is 29.2.